The quantitative estimate of drug-likeness (QED) is 0.364. The zero-order chi connectivity index (χ0) is 22.5. The topological polar surface area (TPSA) is 76.7 Å². The van der Waals surface area contributed by atoms with Crippen LogP contribution in [0, 0.1) is 0 Å². The van der Waals surface area contributed by atoms with Gasteiger partial charge in [0.2, 0.25) is 5.95 Å². The molecule has 0 unspecified atom stereocenters. The van der Waals surface area contributed by atoms with Crippen molar-refractivity contribution in [3.05, 3.63) is 109 Å². The summed E-state index contributed by atoms with van der Waals surface area (Å²) in [5.41, 5.74) is 11.5. The summed E-state index contributed by atoms with van der Waals surface area (Å²) in [5.74, 6) is 0.565. The molecule has 0 spiro atoms. The average Bonchev–Trinajstić information content (AvgIpc) is 2.88. The summed E-state index contributed by atoms with van der Waals surface area (Å²) in [4.78, 5) is 13.6. The van der Waals surface area contributed by atoms with Gasteiger partial charge in [0.15, 0.2) is 0 Å². The number of rotatable bonds is 7. The predicted octanol–water partition coefficient (Wildman–Crippen LogP) is 5.34. The van der Waals surface area contributed by atoms with Gasteiger partial charge in [-0.05, 0) is 46.5 Å². The monoisotopic (exact) mass is 431 g/mol. The van der Waals surface area contributed by atoms with Crippen molar-refractivity contribution in [2.24, 2.45) is 5.73 Å². The van der Waals surface area contributed by atoms with Crippen molar-refractivity contribution >= 4 is 16.7 Å². The SMILES string of the molecule is N[C@@H](CNc1ncc(-c2ccc3ccccc3c2)c(-c2ccncc2)n1)Cc1ccccc1. The number of aromatic nitrogens is 3. The van der Waals surface area contributed by atoms with Crippen LogP contribution in [0.1, 0.15) is 5.56 Å². The van der Waals surface area contributed by atoms with Gasteiger partial charge in [-0.3, -0.25) is 4.98 Å². The Morgan fingerprint density at radius 3 is 2.36 bits per heavy atom. The smallest absolute Gasteiger partial charge is 0.223 e. The van der Waals surface area contributed by atoms with Crippen molar-refractivity contribution in [3.8, 4) is 22.4 Å². The zero-order valence-corrected chi connectivity index (χ0v) is 18.2. The lowest BCUT2D eigenvalue weighted by atomic mass is 9.98. The van der Waals surface area contributed by atoms with Crippen molar-refractivity contribution in [2.75, 3.05) is 11.9 Å². The predicted molar refractivity (Wildman–Crippen MR) is 135 cm³/mol. The van der Waals surface area contributed by atoms with Crippen molar-refractivity contribution in [3.63, 3.8) is 0 Å². The number of nitrogens with two attached hydrogens (primary N) is 1. The minimum Gasteiger partial charge on any atom is -0.353 e. The molecule has 3 aromatic carbocycles. The first-order chi connectivity index (χ1) is 16.3. The van der Waals surface area contributed by atoms with Crippen LogP contribution in [-0.4, -0.2) is 27.5 Å². The molecule has 0 aliphatic heterocycles. The van der Waals surface area contributed by atoms with Gasteiger partial charge in [0.05, 0.1) is 5.69 Å². The van der Waals surface area contributed by atoms with E-state index < -0.39 is 0 Å². The Morgan fingerprint density at radius 2 is 1.55 bits per heavy atom. The lowest BCUT2D eigenvalue weighted by Gasteiger charge is -2.15. The molecule has 5 nitrogen and oxygen atoms in total. The molecular formula is C28H25N5. The molecule has 5 heteroatoms. The number of pyridine rings is 1. The van der Waals surface area contributed by atoms with E-state index in [1.807, 2.05) is 36.5 Å². The van der Waals surface area contributed by atoms with E-state index in [9.17, 15) is 0 Å². The van der Waals surface area contributed by atoms with E-state index in [1.165, 1.54) is 16.3 Å². The van der Waals surface area contributed by atoms with Crippen molar-refractivity contribution in [1.82, 2.24) is 15.0 Å². The summed E-state index contributed by atoms with van der Waals surface area (Å²) in [5, 5.41) is 5.71. The van der Waals surface area contributed by atoms with Gasteiger partial charge in [-0.2, -0.15) is 0 Å². The van der Waals surface area contributed by atoms with Crippen LogP contribution in [0.2, 0.25) is 0 Å². The standard InChI is InChI=1S/C28H25N5/c29-25(16-20-6-2-1-3-7-20)18-31-28-32-19-26(27(33-28)22-12-14-30-15-13-22)24-11-10-21-8-4-5-9-23(21)17-24/h1-15,17,19,25H,16,18,29H2,(H,31,32,33)/t25-/m1/s1. The number of fused-ring (bicyclic) bond motifs is 1. The number of hydrogen-bond acceptors (Lipinski definition) is 5. The molecule has 1 atom stereocenters. The van der Waals surface area contributed by atoms with Crippen molar-refractivity contribution in [2.45, 2.75) is 12.5 Å². The fourth-order valence-electron chi connectivity index (χ4n) is 3.98. The third kappa shape index (κ3) is 4.89. The van der Waals surface area contributed by atoms with Gasteiger partial charge in [-0.25, -0.2) is 9.97 Å². The van der Waals surface area contributed by atoms with E-state index in [0.29, 0.717) is 12.5 Å². The molecular weight excluding hydrogens is 406 g/mol. The normalized spacial score (nSPS) is 11.9. The Morgan fingerprint density at radius 1 is 0.788 bits per heavy atom. The van der Waals surface area contributed by atoms with Crippen LogP contribution in [0.4, 0.5) is 5.95 Å². The molecule has 0 amide bonds. The maximum absolute atomic E-state index is 6.35. The van der Waals surface area contributed by atoms with Crippen molar-refractivity contribution < 1.29 is 0 Å². The lowest BCUT2D eigenvalue weighted by molar-refractivity contribution is 0.696. The van der Waals surface area contributed by atoms with Crippen molar-refractivity contribution in [1.29, 1.82) is 0 Å². The highest BCUT2D eigenvalue weighted by molar-refractivity contribution is 5.90. The van der Waals surface area contributed by atoms with Crippen LogP contribution in [0.3, 0.4) is 0 Å². The summed E-state index contributed by atoms with van der Waals surface area (Å²) >= 11 is 0. The molecule has 0 fully saturated rings. The zero-order valence-electron chi connectivity index (χ0n) is 18.2. The van der Waals surface area contributed by atoms with Crippen LogP contribution in [0.25, 0.3) is 33.2 Å². The van der Waals surface area contributed by atoms with E-state index in [4.69, 9.17) is 10.7 Å². The third-order valence-electron chi connectivity index (χ3n) is 5.67. The Labute approximate surface area is 193 Å². The van der Waals surface area contributed by atoms with Crippen LogP contribution >= 0.6 is 0 Å². The van der Waals surface area contributed by atoms with E-state index >= 15 is 0 Å². The minimum absolute atomic E-state index is 0.0412. The summed E-state index contributed by atoms with van der Waals surface area (Å²) in [6.07, 6.45) is 6.24. The molecule has 2 heterocycles. The van der Waals surface area contributed by atoms with Gasteiger partial charge in [0.25, 0.3) is 0 Å². The number of nitrogens with zero attached hydrogens (tertiary/aromatic N) is 3. The van der Waals surface area contributed by atoms with Gasteiger partial charge >= 0.3 is 0 Å². The van der Waals surface area contributed by atoms with Gasteiger partial charge < -0.3 is 11.1 Å². The maximum Gasteiger partial charge on any atom is 0.223 e. The number of benzene rings is 3. The molecule has 0 bridgehead atoms. The highest BCUT2D eigenvalue weighted by Crippen LogP contribution is 2.32. The second kappa shape index (κ2) is 9.59. The largest absolute Gasteiger partial charge is 0.353 e. The molecule has 2 aromatic heterocycles. The fourth-order valence-corrected chi connectivity index (χ4v) is 3.98. The van der Waals surface area contributed by atoms with Gasteiger partial charge in [-0.15, -0.1) is 0 Å². The Bertz CT molecular complexity index is 1350. The Kier molecular flexibility index (Phi) is 6.04. The number of hydrogen-bond donors (Lipinski definition) is 2. The molecule has 33 heavy (non-hydrogen) atoms. The second-order valence-electron chi connectivity index (χ2n) is 8.08. The van der Waals surface area contributed by atoms with E-state index in [-0.39, 0.29) is 6.04 Å². The van der Waals surface area contributed by atoms with Gasteiger partial charge in [0.1, 0.15) is 0 Å². The molecule has 162 valence electrons. The van der Waals surface area contributed by atoms with E-state index in [0.717, 1.165) is 28.8 Å². The van der Waals surface area contributed by atoms with Crippen LogP contribution in [0.5, 0.6) is 0 Å². The fraction of sp³-hybridized carbons (Fsp3) is 0.107. The molecule has 3 N–H and O–H groups in total. The summed E-state index contributed by atoms with van der Waals surface area (Å²) in [6.45, 7) is 0.583. The highest BCUT2D eigenvalue weighted by atomic mass is 15.1. The van der Waals surface area contributed by atoms with Gasteiger partial charge in [0, 0.05) is 42.3 Å². The third-order valence-corrected chi connectivity index (χ3v) is 5.67. The molecule has 5 aromatic rings. The second-order valence-corrected chi connectivity index (χ2v) is 8.08. The maximum atomic E-state index is 6.35. The number of nitrogens with one attached hydrogen (secondary N) is 1. The molecule has 0 radical (unpaired) electrons. The first kappa shape index (κ1) is 20.8. The molecule has 0 aliphatic carbocycles. The first-order valence-corrected chi connectivity index (χ1v) is 11.1. The summed E-state index contributed by atoms with van der Waals surface area (Å²) in [7, 11) is 0. The molecule has 0 saturated heterocycles. The molecule has 0 saturated carbocycles. The summed E-state index contributed by atoms with van der Waals surface area (Å²) < 4.78 is 0. The van der Waals surface area contributed by atoms with Crippen LogP contribution in [0.15, 0.2) is 104 Å². The first-order valence-electron chi connectivity index (χ1n) is 11.1. The van der Waals surface area contributed by atoms with Crippen LogP contribution < -0.4 is 11.1 Å². The van der Waals surface area contributed by atoms with E-state index in [1.54, 1.807) is 12.4 Å². The average molecular weight is 432 g/mol. The Hall–Kier alpha value is -4.09. The van der Waals surface area contributed by atoms with Gasteiger partial charge in [-0.1, -0.05) is 66.7 Å². The summed E-state index contributed by atoms with van der Waals surface area (Å²) in [6, 6.07) is 28.9. The highest BCUT2D eigenvalue weighted by Gasteiger charge is 2.13. The lowest BCUT2D eigenvalue weighted by Crippen LogP contribution is -2.31. The minimum atomic E-state index is -0.0412. The Balaban J connectivity index is 1.43. The van der Waals surface area contributed by atoms with Crippen LogP contribution in [-0.2, 0) is 6.42 Å². The molecule has 5 rings (SSSR count). The molecule has 0 aliphatic rings. The van der Waals surface area contributed by atoms with E-state index in [2.05, 4.69) is 69.9 Å². The number of anilines is 1.